The Morgan fingerprint density at radius 3 is 2.65 bits per heavy atom. The second-order valence-electron chi connectivity index (χ2n) is 6.02. The SMILES string of the molecule is CC(C)(C)OC(=O)N1CCc2cc(N)c(=O)[nH]c2CC1. The van der Waals surface area contributed by atoms with Gasteiger partial charge in [0.15, 0.2) is 0 Å². The molecule has 6 heteroatoms. The van der Waals surface area contributed by atoms with Crippen LogP contribution >= 0.6 is 0 Å². The predicted molar refractivity (Wildman–Crippen MR) is 76.7 cm³/mol. The number of pyridine rings is 1. The van der Waals surface area contributed by atoms with Gasteiger partial charge < -0.3 is 20.4 Å². The van der Waals surface area contributed by atoms with E-state index in [2.05, 4.69) is 4.98 Å². The minimum Gasteiger partial charge on any atom is -0.444 e. The number of amides is 1. The minimum absolute atomic E-state index is 0.217. The van der Waals surface area contributed by atoms with Gasteiger partial charge in [0.05, 0.1) is 5.69 Å². The summed E-state index contributed by atoms with van der Waals surface area (Å²) in [7, 11) is 0. The number of nitrogen functional groups attached to an aromatic ring is 1. The van der Waals surface area contributed by atoms with Crippen LogP contribution in [0.5, 0.6) is 0 Å². The molecule has 110 valence electrons. The van der Waals surface area contributed by atoms with Gasteiger partial charge in [-0.2, -0.15) is 0 Å². The summed E-state index contributed by atoms with van der Waals surface area (Å²) in [5, 5.41) is 0. The van der Waals surface area contributed by atoms with Gasteiger partial charge in [-0.3, -0.25) is 4.79 Å². The van der Waals surface area contributed by atoms with Crippen molar-refractivity contribution in [2.45, 2.75) is 39.2 Å². The Balaban J connectivity index is 2.12. The first-order chi connectivity index (χ1) is 9.26. The number of fused-ring (bicyclic) bond motifs is 1. The van der Waals surface area contributed by atoms with E-state index in [0.717, 1.165) is 11.3 Å². The fraction of sp³-hybridized carbons (Fsp3) is 0.571. The van der Waals surface area contributed by atoms with Crippen LogP contribution in [-0.2, 0) is 17.6 Å². The molecule has 20 heavy (non-hydrogen) atoms. The third kappa shape index (κ3) is 3.31. The average Bonchev–Trinajstić information content (AvgIpc) is 2.50. The standard InChI is InChI=1S/C14H21N3O3/c1-14(2,3)20-13(19)17-6-4-9-8-10(15)12(18)16-11(9)5-7-17/h8H,4-7,15H2,1-3H3,(H,16,18). The van der Waals surface area contributed by atoms with Crippen molar-refractivity contribution in [2.24, 2.45) is 0 Å². The topological polar surface area (TPSA) is 88.4 Å². The summed E-state index contributed by atoms with van der Waals surface area (Å²) in [6.07, 6.45) is 0.945. The molecule has 0 fully saturated rings. The monoisotopic (exact) mass is 279 g/mol. The number of anilines is 1. The maximum atomic E-state index is 12.1. The second-order valence-corrected chi connectivity index (χ2v) is 6.02. The highest BCUT2D eigenvalue weighted by Gasteiger charge is 2.24. The second kappa shape index (κ2) is 5.19. The zero-order valence-electron chi connectivity index (χ0n) is 12.2. The van der Waals surface area contributed by atoms with Crippen LogP contribution in [0.1, 0.15) is 32.0 Å². The lowest BCUT2D eigenvalue weighted by Gasteiger charge is -2.26. The maximum absolute atomic E-state index is 12.1. The molecule has 1 amide bonds. The molecule has 1 aromatic rings. The molecule has 0 aliphatic carbocycles. The van der Waals surface area contributed by atoms with Crippen molar-refractivity contribution in [1.29, 1.82) is 0 Å². The summed E-state index contributed by atoms with van der Waals surface area (Å²) in [6.45, 7) is 6.62. The molecule has 1 aliphatic rings. The largest absolute Gasteiger partial charge is 0.444 e. The molecular weight excluding hydrogens is 258 g/mol. The Hall–Kier alpha value is -1.98. The van der Waals surface area contributed by atoms with Crippen molar-refractivity contribution in [1.82, 2.24) is 9.88 Å². The Bertz CT molecular complexity index is 572. The molecule has 3 N–H and O–H groups in total. The van der Waals surface area contributed by atoms with E-state index >= 15 is 0 Å². The Kier molecular flexibility index (Phi) is 3.74. The van der Waals surface area contributed by atoms with Crippen LogP contribution in [0.4, 0.5) is 10.5 Å². The zero-order valence-corrected chi connectivity index (χ0v) is 12.2. The number of aromatic nitrogens is 1. The summed E-state index contributed by atoms with van der Waals surface area (Å²) in [4.78, 5) is 28.0. The van der Waals surface area contributed by atoms with Gasteiger partial charge in [0.2, 0.25) is 0 Å². The first-order valence-corrected chi connectivity index (χ1v) is 6.75. The number of nitrogens with zero attached hydrogens (tertiary/aromatic N) is 1. The van der Waals surface area contributed by atoms with Gasteiger partial charge in [0.1, 0.15) is 5.60 Å². The third-order valence-electron chi connectivity index (χ3n) is 3.18. The van der Waals surface area contributed by atoms with Gasteiger partial charge >= 0.3 is 6.09 Å². The molecule has 0 radical (unpaired) electrons. The van der Waals surface area contributed by atoms with Crippen LogP contribution in [0.15, 0.2) is 10.9 Å². The molecule has 0 spiro atoms. The third-order valence-corrected chi connectivity index (χ3v) is 3.18. The number of nitrogens with two attached hydrogens (primary N) is 1. The molecule has 0 bridgehead atoms. The number of hydrogen-bond donors (Lipinski definition) is 2. The van der Waals surface area contributed by atoms with Crippen molar-refractivity contribution in [3.63, 3.8) is 0 Å². The van der Waals surface area contributed by atoms with E-state index in [1.807, 2.05) is 20.8 Å². The number of nitrogens with one attached hydrogen (secondary N) is 1. The molecule has 0 unspecified atom stereocenters. The zero-order chi connectivity index (χ0) is 14.9. The number of hydrogen-bond acceptors (Lipinski definition) is 4. The molecule has 0 saturated heterocycles. The van der Waals surface area contributed by atoms with Crippen LogP contribution in [-0.4, -0.2) is 34.7 Å². The summed E-state index contributed by atoms with van der Waals surface area (Å²) in [5.41, 5.74) is 6.92. The van der Waals surface area contributed by atoms with E-state index in [-0.39, 0.29) is 17.3 Å². The van der Waals surface area contributed by atoms with E-state index in [1.165, 1.54) is 0 Å². The molecule has 6 nitrogen and oxygen atoms in total. The Labute approximate surface area is 117 Å². The van der Waals surface area contributed by atoms with E-state index in [0.29, 0.717) is 25.9 Å². The molecule has 0 saturated carbocycles. The van der Waals surface area contributed by atoms with E-state index in [1.54, 1.807) is 11.0 Å². The van der Waals surface area contributed by atoms with Gasteiger partial charge in [-0.15, -0.1) is 0 Å². The first kappa shape index (κ1) is 14.4. The summed E-state index contributed by atoms with van der Waals surface area (Å²) < 4.78 is 5.37. The number of H-pyrrole nitrogens is 1. The van der Waals surface area contributed by atoms with Crippen LogP contribution in [0.2, 0.25) is 0 Å². The molecule has 2 rings (SSSR count). The van der Waals surface area contributed by atoms with E-state index in [9.17, 15) is 9.59 Å². The number of carbonyl (C=O) groups is 1. The van der Waals surface area contributed by atoms with Gasteiger partial charge in [0, 0.05) is 25.2 Å². The molecular formula is C14H21N3O3. The fourth-order valence-electron chi connectivity index (χ4n) is 2.20. The van der Waals surface area contributed by atoms with Crippen molar-refractivity contribution in [3.8, 4) is 0 Å². The highest BCUT2D eigenvalue weighted by Crippen LogP contribution is 2.16. The lowest BCUT2D eigenvalue weighted by Crippen LogP contribution is -2.38. The Morgan fingerprint density at radius 2 is 2.00 bits per heavy atom. The number of carbonyl (C=O) groups excluding carboxylic acids is 1. The normalized spacial score (nSPS) is 15.4. The minimum atomic E-state index is -0.505. The first-order valence-electron chi connectivity index (χ1n) is 6.75. The summed E-state index contributed by atoms with van der Waals surface area (Å²) in [6, 6.07) is 1.70. The van der Waals surface area contributed by atoms with Crippen molar-refractivity contribution in [3.05, 3.63) is 27.7 Å². The van der Waals surface area contributed by atoms with Gasteiger partial charge in [-0.25, -0.2) is 4.79 Å². The van der Waals surface area contributed by atoms with E-state index in [4.69, 9.17) is 10.5 Å². The van der Waals surface area contributed by atoms with Crippen molar-refractivity contribution >= 4 is 11.8 Å². The predicted octanol–water partition coefficient (Wildman–Crippen LogP) is 1.29. The highest BCUT2D eigenvalue weighted by atomic mass is 16.6. The van der Waals surface area contributed by atoms with Crippen molar-refractivity contribution < 1.29 is 9.53 Å². The van der Waals surface area contributed by atoms with Gasteiger partial charge in [-0.1, -0.05) is 0 Å². The molecule has 0 atom stereocenters. The fourth-order valence-corrected chi connectivity index (χ4v) is 2.20. The molecule has 0 aromatic carbocycles. The summed E-state index contributed by atoms with van der Waals surface area (Å²) in [5.74, 6) is 0. The molecule has 2 heterocycles. The maximum Gasteiger partial charge on any atom is 0.410 e. The van der Waals surface area contributed by atoms with Crippen LogP contribution < -0.4 is 11.3 Å². The van der Waals surface area contributed by atoms with Gasteiger partial charge in [0.25, 0.3) is 5.56 Å². The van der Waals surface area contributed by atoms with Crippen molar-refractivity contribution in [2.75, 3.05) is 18.8 Å². The van der Waals surface area contributed by atoms with Crippen LogP contribution in [0, 0.1) is 0 Å². The highest BCUT2D eigenvalue weighted by molar-refractivity contribution is 5.68. The Morgan fingerprint density at radius 1 is 1.35 bits per heavy atom. The van der Waals surface area contributed by atoms with Crippen LogP contribution in [0.25, 0.3) is 0 Å². The number of aromatic amines is 1. The number of ether oxygens (including phenoxy) is 1. The lowest BCUT2D eigenvalue weighted by molar-refractivity contribution is 0.0258. The molecule has 1 aliphatic heterocycles. The van der Waals surface area contributed by atoms with E-state index < -0.39 is 5.60 Å². The van der Waals surface area contributed by atoms with Crippen LogP contribution in [0.3, 0.4) is 0 Å². The molecule has 1 aromatic heterocycles. The lowest BCUT2D eigenvalue weighted by atomic mass is 10.1. The average molecular weight is 279 g/mol. The summed E-state index contributed by atoms with van der Waals surface area (Å²) >= 11 is 0. The smallest absolute Gasteiger partial charge is 0.410 e. The van der Waals surface area contributed by atoms with Gasteiger partial charge in [-0.05, 0) is 38.8 Å². The quantitative estimate of drug-likeness (QED) is 0.749. The number of rotatable bonds is 0.